The number of carbonyl (C=O) groups excluding carboxylic acids is 3. The molecule has 3 aromatic rings. The topological polar surface area (TPSA) is 106 Å². The Hall–Kier alpha value is -3.81. The summed E-state index contributed by atoms with van der Waals surface area (Å²) < 4.78 is 1.61. The summed E-state index contributed by atoms with van der Waals surface area (Å²) in [6.07, 6.45) is 4.81. The fourth-order valence-electron chi connectivity index (χ4n) is 2.39. The van der Waals surface area contributed by atoms with Crippen LogP contribution in [0.25, 0.3) is 0 Å². The van der Waals surface area contributed by atoms with E-state index in [1.807, 2.05) is 0 Å². The summed E-state index contributed by atoms with van der Waals surface area (Å²) in [6, 6.07) is 11.6. The molecule has 8 nitrogen and oxygen atoms in total. The van der Waals surface area contributed by atoms with Crippen molar-refractivity contribution in [3.63, 3.8) is 0 Å². The van der Waals surface area contributed by atoms with Crippen molar-refractivity contribution in [1.82, 2.24) is 19.9 Å². The Labute approximate surface area is 155 Å². The molecule has 0 aliphatic heterocycles. The van der Waals surface area contributed by atoms with Crippen molar-refractivity contribution in [3.05, 3.63) is 78.1 Å². The Morgan fingerprint density at radius 3 is 2.56 bits per heavy atom. The molecule has 0 radical (unpaired) electrons. The summed E-state index contributed by atoms with van der Waals surface area (Å²) >= 11 is 0. The van der Waals surface area contributed by atoms with E-state index in [0.717, 1.165) is 0 Å². The van der Waals surface area contributed by atoms with E-state index in [-0.39, 0.29) is 18.2 Å². The van der Waals surface area contributed by atoms with E-state index in [1.165, 1.54) is 12.3 Å². The highest BCUT2D eigenvalue weighted by molar-refractivity contribution is 6.39. The number of benzene rings is 1. The summed E-state index contributed by atoms with van der Waals surface area (Å²) in [5.74, 6) is -1.61. The van der Waals surface area contributed by atoms with Gasteiger partial charge in [0.15, 0.2) is 5.82 Å². The number of anilines is 1. The van der Waals surface area contributed by atoms with Gasteiger partial charge in [-0.05, 0) is 24.3 Å². The van der Waals surface area contributed by atoms with Crippen LogP contribution in [0.2, 0.25) is 0 Å². The molecule has 0 saturated heterocycles. The van der Waals surface area contributed by atoms with Gasteiger partial charge in [-0.25, -0.2) is 4.98 Å². The highest BCUT2D eigenvalue weighted by atomic mass is 16.2. The Morgan fingerprint density at radius 1 is 1.00 bits per heavy atom. The van der Waals surface area contributed by atoms with Crippen LogP contribution in [-0.4, -0.2) is 32.1 Å². The number of nitrogens with zero attached hydrogens (tertiary/aromatic N) is 3. The Balaban J connectivity index is 1.63. The van der Waals surface area contributed by atoms with Gasteiger partial charge >= 0.3 is 11.8 Å². The van der Waals surface area contributed by atoms with Crippen molar-refractivity contribution in [2.45, 2.75) is 6.54 Å². The standard InChI is InChI=1S/C19H17N5O3/c1-24-10-9-21-17(24)16(25)13-5-4-7-14(11-13)23-19(27)18(26)22-12-15-6-2-3-8-20-15/h2-11H,12H2,1H3,(H,22,26)(H,23,27). The minimum atomic E-state index is -0.826. The number of nitrogens with one attached hydrogen (secondary N) is 2. The van der Waals surface area contributed by atoms with Crippen LogP contribution in [0.5, 0.6) is 0 Å². The largest absolute Gasteiger partial charge is 0.342 e. The first-order chi connectivity index (χ1) is 13.0. The predicted molar refractivity (Wildman–Crippen MR) is 97.8 cm³/mol. The van der Waals surface area contributed by atoms with Crippen LogP contribution in [0.3, 0.4) is 0 Å². The van der Waals surface area contributed by atoms with Crippen molar-refractivity contribution >= 4 is 23.3 Å². The summed E-state index contributed by atoms with van der Waals surface area (Å²) in [6.45, 7) is 0.144. The Kier molecular flexibility index (Phi) is 5.36. The lowest BCUT2D eigenvalue weighted by molar-refractivity contribution is -0.136. The lowest BCUT2D eigenvalue weighted by atomic mass is 10.1. The molecule has 2 amide bonds. The zero-order chi connectivity index (χ0) is 19.2. The van der Waals surface area contributed by atoms with E-state index in [9.17, 15) is 14.4 Å². The number of pyridine rings is 1. The first kappa shape index (κ1) is 18.0. The van der Waals surface area contributed by atoms with Crippen LogP contribution in [0.4, 0.5) is 5.69 Å². The monoisotopic (exact) mass is 363 g/mol. The van der Waals surface area contributed by atoms with Crippen LogP contribution in [-0.2, 0) is 23.2 Å². The van der Waals surface area contributed by atoms with Crippen molar-refractivity contribution in [1.29, 1.82) is 0 Å². The van der Waals surface area contributed by atoms with Gasteiger partial charge in [0, 0.05) is 36.9 Å². The van der Waals surface area contributed by atoms with Crippen molar-refractivity contribution in [2.24, 2.45) is 7.05 Å². The maximum absolute atomic E-state index is 12.5. The van der Waals surface area contributed by atoms with E-state index >= 15 is 0 Å². The molecule has 0 fully saturated rings. The molecule has 0 aliphatic carbocycles. The maximum atomic E-state index is 12.5. The zero-order valence-electron chi connectivity index (χ0n) is 14.5. The van der Waals surface area contributed by atoms with E-state index in [0.29, 0.717) is 16.9 Å². The van der Waals surface area contributed by atoms with Crippen molar-refractivity contribution in [2.75, 3.05) is 5.32 Å². The molecule has 1 aromatic carbocycles. The number of carbonyl (C=O) groups is 3. The molecule has 0 unspecified atom stereocenters. The van der Waals surface area contributed by atoms with Crippen molar-refractivity contribution < 1.29 is 14.4 Å². The Bertz CT molecular complexity index is 982. The number of aryl methyl sites for hydroxylation is 1. The second kappa shape index (κ2) is 8.05. The van der Waals surface area contributed by atoms with Crippen LogP contribution >= 0.6 is 0 Å². The average Bonchev–Trinajstić information content (AvgIpc) is 3.12. The molecule has 0 saturated carbocycles. The van der Waals surface area contributed by atoms with Crippen molar-refractivity contribution in [3.8, 4) is 0 Å². The third kappa shape index (κ3) is 4.43. The summed E-state index contributed by atoms with van der Waals surface area (Å²) in [4.78, 5) is 44.6. The first-order valence-electron chi connectivity index (χ1n) is 8.16. The Morgan fingerprint density at radius 2 is 1.85 bits per heavy atom. The van der Waals surface area contributed by atoms with Gasteiger partial charge in [-0.1, -0.05) is 18.2 Å². The number of ketones is 1. The molecule has 27 heavy (non-hydrogen) atoms. The van der Waals surface area contributed by atoms with Gasteiger partial charge in [-0.15, -0.1) is 0 Å². The van der Waals surface area contributed by atoms with Gasteiger partial charge in [0.05, 0.1) is 12.2 Å². The minimum Gasteiger partial charge on any atom is -0.342 e. The van der Waals surface area contributed by atoms with Gasteiger partial charge in [-0.3, -0.25) is 19.4 Å². The van der Waals surface area contributed by atoms with E-state index < -0.39 is 11.8 Å². The van der Waals surface area contributed by atoms with Crippen LogP contribution in [0.1, 0.15) is 21.9 Å². The van der Waals surface area contributed by atoms with E-state index in [1.54, 1.807) is 60.4 Å². The normalized spacial score (nSPS) is 10.3. The second-order valence-electron chi connectivity index (χ2n) is 5.73. The number of imidazole rings is 1. The van der Waals surface area contributed by atoms with Gasteiger partial charge in [-0.2, -0.15) is 0 Å². The summed E-state index contributed by atoms with van der Waals surface area (Å²) in [5.41, 5.74) is 1.34. The first-order valence-corrected chi connectivity index (χ1v) is 8.16. The van der Waals surface area contributed by atoms with Gasteiger partial charge in [0.25, 0.3) is 0 Å². The lowest BCUT2D eigenvalue weighted by Gasteiger charge is -2.08. The lowest BCUT2D eigenvalue weighted by Crippen LogP contribution is -2.35. The molecule has 0 aliphatic rings. The molecule has 0 bridgehead atoms. The molecule has 0 atom stereocenters. The van der Waals surface area contributed by atoms with Gasteiger partial charge in [0.2, 0.25) is 5.78 Å². The molecule has 136 valence electrons. The maximum Gasteiger partial charge on any atom is 0.313 e. The SMILES string of the molecule is Cn1ccnc1C(=O)c1cccc(NC(=O)C(=O)NCc2ccccn2)c1. The third-order valence-electron chi connectivity index (χ3n) is 3.77. The highest BCUT2D eigenvalue weighted by Gasteiger charge is 2.17. The summed E-state index contributed by atoms with van der Waals surface area (Å²) in [7, 11) is 1.72. The van der Waals surface area contributed by atoms with Gasteiger partial charge < -0.3 is 15.2 Å². The fourth-order valence-corrected chi connectivity index (χ4v) is 2.39. The number of hydrogen-bond acceptors (Lipinski definition) is 5. The molecular weight excluding hydrogens is 346 g/mol. The summed E-state index contributed by atoms with van der Waals surface area (Å²) in [5, 5.41) is 4.97. The fraction of sp³-hybridized carbons (Fsp3) is 0.105. The zero-order valence-corrected chi connectivity index (χ0v) is 14.5. The minimum absolute atomic E-state index is 0.144. The van der Waals surface area contributed by atoms with Crippen LogP contribution in [0.15, 0.2) is 61.1 Å². The third-order valence-corrected chi connectivity index (χ3v) is 3.77. The average molecular weight is 363 g/mol. The van der Waals surface area contributed by atoms with E-state index in [2.05, 4.69) is 20.6 Å². The molecule has 2 heterocycles. The molecule has 3 rings (SSSR count). The van der Waals surface area contributed by atoms with Crippen LogP contribution < -0.4 is 10.6 Å². The molecule has 2 N–H and O–H groups in total. The number of rotatable bonds is 5. The number of amides is 2. The predicted octanol–water partition coefficient (Wildman–Crippen LogP) is 1.30. The molecule has 2 aromatic heterocycles. The van der Waals surface area contributed by atoms with Crippen LogP contribution in [0, 0.1) is 0 Å². The second-order valence-corrected chi connectivity index (χ2v) is 5.73. The molecule has 8 heteroatoms. The molecular formula is C19H17N5O3. The number of hydrogen-bond donors (Lipinski definition) is 2. The highest BCUT2D eigenvalue weighted by Crippen LogP contribution is 2.14. The quantitative estimate of drug-likeness (QED) is 0.525. The van der Waals surface area contributed by atoms with Gasteiger partial charge in [0.1, 0.15) is 0 Å². The number of aromatic nitrogens is 3. The van der Waals surface area contributed by atoms with E-state index in [4.69, 9.17) is 0 Å². The molecule has 0 spiro atoms. The smallest absolute Gasteiger partial charge is 0.313 e.